The summed E-state index contributed by atoms with van der Waals surface area (Å²) in [6, 6.07) is 8.82. The highest BCUT2D eigenvalue weighted by Crippen LogP contribution is 2.22. The zero-order valence-electron chi connectivity index (χ0n) is 14.1. The predicted molar refractivity (Wildman–Crippen MR) is 92.3 cm³/mol. The van der Waals surface area contributed by atoms with Gasteiger partial charge in [-0.25, -0.2) is 0 Å². The third-order valence-corrected chi connectivity index (χ3v) is 4.03. The fourth-order valence-electron chi connectivity index (χ4n) is 2.55. The molecule has 22 heavy (non-hydrogen) atoms. The summed E-state index contributed by atoms with van der Waals surface area (Å²) in [6.07, 6.45) is 3.43. The van der Waals surface area contributed by atoms with Gasteiger partial charge in [-0.1, -0.05) is 45.0 Å². The van der Waals surface area contributed by atoms with E-state index in [1.165, 1.54) is 11.1 Å². The molecule has 0 bridgehead atoms. The molecule has 4 heteroatoms. The number of nitrogens with two attached hydrogens (primary N) is 1. The van der Waals surface area contributed by atoms with E-state index in [0.29, 0.717) is 12.5 Å². The lowest BCUT2D eigenvalue weighted by molar-refractivity contribution is 0.118. The Morgan fingerprint density at radius 3 is 2.64 bits per heavy atom. The van der Waals surface area contributed by atoms with Gasteiger partial charge in [0, 0.05) is 13.2 Å². The van der Waals surface area contributed by atoms with E-state index in [1.54, 1.807) is 0 Å². The molecule has 1 unspecified atom stereocenters. The minimum absolute atomic E-state index is 0.205. The zero-order chi connectivity index (χ0) is 16.0. The second-order valence-corrected chi connectivity index (χ2v) is 6.98. The topological polar surface area (TPSA) is 59.6 Å². The maximum atomic E-state index is 5.88. The Kier molecular flexibility index (Phi) is 5.83. The van der Waals surface area contributed by atoms with Gasteiger partial charge in [0.15, 0.2) is 5.96 Å². The highest BCUT2D eigenvalue weighted by atomic mass is 16.5. The lowest BCUT2D eigenvalue weighted by atomic mass is 9.86. The van der Waals surface area contributed by atoms with Crippen molar-refractivity contribution in [1.82, 2.24) is 5.32 Å². The standard InChI is InChI=1S/C18H29N3O/c1-18(2,3)15-8-6-14(7-9-15)10-11-20-17(19)21-13-16-5-4-12-22-16/h6-9,16H,4-5,10-13H2,1-3H3,(H3,19,20,21). The Morgan fingerprint density at radius 1 is 1.32 bits per heavy atom. The number of aliphatic imine (C=N–C) groups is 1. The van der Waals surface area contributed by atoms with E-state index < -0.39 is 0 Å². The minimum atomic E-state index is 0.205. The average molecular weight is 303 g/mol. The van der Waals surface area contributed by atoms with Crippen molar-refractivity contribution in [3.05, 3.63) is 35.4 Å². The van der Waals surface area contributed by atoms with E-state index in [4.69, 9.17) is 10.5 Å². The van der Waals surface area contributed by atoms with Crippen molar-refractivity contribution >= 4 is 5.96 Å². The minimum Gasteiger partial charge on any atom is -0.376 e. The maximum Gasteiger partial charge on any atom is 0.188 e. The van der Waals surface area contributed by atoms with Gasteiger partial charge in [-0.2, -0.15) is 0 Å². The Bertz CT molecular complexity index is 482. The van der Waals surface area contributed by atoms with Crippen LogP contribution in [0.25, 0.3) is 0 Å². The second kappa shape index (κ2) is 7.63. The van der Waals surface area contributed by atoms with Crippen LogP contribution in [-0.2, 0) is 16.6 Å². The molecule has 0 saturated carbocycles. The number of hydrogen-bond acceptors (Lipinski definition) is 2. The first-order valence-corrected chi connectivity index (χ1v) is 8.20. The Labute approximate surface area is 134 Å². The number of benzene rings is 1. The summed E-state index contributed by atoms with van der Waals surface area (Å²) >= 11 is 0. The van der Waals surface area contributed by atoms with Gasteiger partial charge in [-0.05, 0) is 35.8 Å². The van der Waals surface area contributed by atoms with E-state index in [1.807, 2.05) is 0 Å². The van der Waals surface area contributed by atoms with Gasteiger partial charge in [-0.3, -0.25) is 4.99 Å². The molecule has 122 valence electrons. The third kappa shape index (κ3) is 5.34. The Hall–Kier alpha value is -1.55. The molecule has 1 fully saturated rings. The van der Waals surface area contributed by atoms with E-state index in [0.717, 1.165) is 32.4 Å². The lowest BCUT2D eigenvalue weighted by Gasteiger charge is -2.19. The summed E-state index contributed by atoms with van der Waals surface area (Å²) in [6.45, 7) is 9.02. The van der Waals surface area contributed by atoms with Crippen LogP contribution >= 0.6 is 0 Å². The van der Waals surface area contributed by atoms with Crippen LogP contribution in [0.2, 0.25) is 0 Å². The molecule has 0 amide bonds. The largest absolute Gasteiger partial charge is 0.376 e. The van der Waals surface area contributed by atoms with Gasteiger partial charge in [0.05, 0.1) is 12.6 Å². The molecule has 0 aromatic heterocycles. The van der Waals surface area contributed by atoms with Crippen LogP contribution in [0.15, 0.2) is 29.3 Å². The molecule has 1 aliphatic heterocycles. The molecule has 0 spiro atoms. The summed E-state index contributed by atoms with van der Waals surface area (Å²) in [4.78, 5) is 4.34. The van der Waals surface area contributed by atoms with Crippen molar-refractivity contribution in [3.63, 3.8) is 0 Å². The van der Waals surface area contributed by atoms with E-state index in [-0.39, 0.29) is 11.5 Å². The summed E-state index contributed by atoms with van der Waals surface area (Å²) in [5, 5.41) is 3.17. The Balaban J connectivity index is 1.72. The number of nitrogens with zero attached hydrogens (tertiary/aromatic N) is 1. The van der Waals surface area contributed by atoms with Crippen LogP contribution in [0.3, 0.4) is 0 Å². The van der Waals surface area contributed by atoms with Crippen LogP contribution in [0, 0.1) is 0 Å². The molecule has 0 aliphatic carbocycles. The van der Waals surface area contributed by atoms with Gasteiger partial charge in [0.2, 0.25) is 0 Å². The molecule has 3 N–H and O–H groups in total. The molecule has 4 nitrogen and oxygen atoms in total. The molecule has 1 heterocycles. The van der Waals surface area contributed by atoms with E-state index >= 15 is 0 Å². The van der Waals surface area contributed by atoms with Crippen molar-refractivity contribution in [2.45, 2.75) is 51.6 Å². The molecule has 1 aromatic carbocycles. The summed E-state index contributed by atoms with van der Waals surface area (Å²) in [7, 11) is 0. The molecule has 0 radical (unpaired) electrons. The summed E-state index contributed by atoms with van der Waals surface area (Å²) in [5.74, 6) is 0.516. The van der Waals surface area contributed by atoms with Gasteiger partial charge in [0.1, 0.15) is 0 Å². The normalized spacial score (nSPS) is 19.4. The SMILES string of the molecule is CC(C)(C)c1ccc(CCNC(N)=NCC2CCCO2)cc1. The molecule has 1 saturated heterocycles. The fraction of sp³-hybridized carbons (Fsp3) is 0.611. The number of nitrogens with one attached hydrogen (secondary N) is 1. The quantitative estimate of drug-likeness (QED) is 0.649. The third-order valence-electron chi connectivity index (χ3n) is 4.03. The number of hydrogen-bond donors (Lipinski definition) is 2. The highest BCUT2D eigenvalue weighted by Gasteiger charge is 2.14. The van der Waals surface area contributed by atoms with Crippen LogP contribution < -0.4 is 11.1 Å². The van der Waals surface area contributed by atoms with Crippen molar-refractivity contribution in [3.8, 4) is 0 Å². The van der Waals surface area contributed by atoms with Gasteiger partial charge >= 0.3 is 0 Å². The Morgan fingerprint density at radius 2 is 2.05 bits per heavy atom. The lowest BCUT2D eigenvalue weighted by Crippen LogP contribution is -2.34. The predicted octanol–water partition coefficient (Wildman–Crippen LogP) is 2.61. The number of ether oxygens (including phenoxy) is 1. The van der Waals surface area contributed by atoms with Crippen molar-refractivity contribution < 1.29 is 4.74 Å². The highest BCUT2D eigenvalue weighted by molar-refractivity contribution is 5.77. The van der Waals surface area contributed by atoms with Crippen LogP contribution in [0.1, 0.15) is 44.7 Å². The second-order valence-electron chi connectivity index (χ2n) is 6.98. The molecule has 1 aliphatic rings. The van der Waals surface area contributed by atoms with Crippen LogP contribution in [0.5, 0.6) is 0 Å². The summed E-state index contributed by atoms with van der Waals surface area (Å²) < 4.78 is 5.53. The first-order valence-electron chi connectivity index (χ1n) is 8.20. The maximum absolute atomic E-state index is 5.88. The molecule has 2 rings (SSSR count). The first kappa shape index (κ1) is 16.8. The van der Waals surface area contributed by atoms with E-state index in [9.17, 15) is 0 Å². The van der Waals surface area contributed by atoms with Crippen LogP contribution in [-0.4, -0.2) is 31.8 Å². The van der Waals surface area contributed by atoms with E-state index in [2.05, 4.69) is 55.3 Å². The molecule has 1 aromatic rings. The van der Waals surface area contributed by atoms with Gasteiger partial charge in [-0.15, -0.1) is 0 Å². The number of guanidine groups is 1. The van der Waals surface area contributed by atoms with Crippen molar-refractivity contribution in [2.24, 2.45) is 10.7 Å². The monoisotopic (exact) mass is 303 g/mol. The van der Waals surface area contributed by atoms with Crippen molar-refractivity contribution in [2.75, 3.05) is 19.7 Å². The van der Waals surface area contributed by atoms with Crippen molar-refractivity contribution in [1.29, 1.82) is 0 Å². The van der Waals surface area contributed by atoms with Crippen LogP contribution in [0.4, 0.5) is 0 Å². The molecular weight excluding hydrogens is 274 g/mol. The zero-order valence-corrected chi connectivity index (χ0v) is 14.1. The fourth-order valence-corrected chi connectivity index (χ4v) is 2.55. The summed E-state index contributed by atoms with van der Waals surface area (Å²) in [5.41, 5.74) is 8.76. The first-order chi connectivity index (χ1) is 10.4. The van der Waals surface area contributed by atoms with Gasteiger partial charge < -0.3 is 15.8 Å². The molecule has 1 atom stereocenters. The van der Waals surface area contributed by atoms with Gasteiger partial charge in [0.25, 0.3) is 0 Å². The molecular formula is C18H29N3O. The smallest absolute Gasteiger partial charge is 0.188 e. The average Bonchev–Trinajstić information content (AvgIpc) is 2.98. The number of rotatable bonds is 5.